The molecule has 3 atom stereocenters. The number of carbonyl (C=O) groups is 2. The van der Waals surface area contributed by atoms with E-state index in [2.05, 4.69) is 15.4 Å². The van der Waals surface area contributed by atoms with E-state index in [4.69, 9.17) is 39.5 Å². The molecule has 1 aromatic heterocycles. The molecule has 1 fully saturated rings. The van der Waals surface area contributed by atoms with Crippen molar-refractivity contribution in [2.45, 2.75) is 37.4 Å². The summed E-state index contributed by atoms with van der Waals surface area (Å²) in [7, 11) is -4.26. The van der Waals surface area contributed by atoms with Crippen LogP contribution < -0.4 is 26.2 Å². The summed E-state index contributed by atoms with van der Waals surface area (Å²) in [5.74, 6) is -1.19. The number of amides is 1. The molecule has 0 saturated carbocycles. The summed E-state index contributed by atoms with van der Waals surface area (Å²) in [5.41, 5.74) is 6.08. The largest absolute Gasteiger partial charge is 0.383 e. The Kier molecular flexibility index (Phi) is 8.68. The van der Waals surface area contributed by atoms with Gasteiger partial charge in [-0.15, -0.1) is 11.3 Å². The Balaban J connectivity index is 1.89. The highest BCUT2D eigenvalue weighted by molar-refractivity contribution is 7.87. The van der Waals surface area contributed by atoms with E-state index >= 15 is 0 Å². The van der Waals surface area contributed by atoms with Gasteiger partial charge < -0.3 is 16.4 Å². The van der Waals surface area contributed by atoms with Crippen LogP contribution in [0.4, 0.5) is 0 Å². The van der Waals surface area contributed by atoms with Crippen LogP contribution in [0.3, 0.4) is 0 Å². The number of ketones is 1. The number of rotatable bonds is 10. The second-order valence-electron chi connectivity index (χ2n) is 7.78. The molecule has 8 N–H and O–H groups in total. The predicted molar refractivity (Wildman–Crippen MR) is 132 cm³/mol. The summed E-state index contributed by atoms with van der Waals surface area (Å²) in [6, 6.07) is 4.98. The number of benzene rings is 1. The van der Waals surface area contributed by atoms with Gasteiger partial charge in [-0.05, 0) is 55.6 Å². The van der Waals surface area contributed by atoms with Gasteiger partial charge in [0.2, 0.25) is 5.91 Å². The lowest BCUT2D eigenvalue weighted by atomic mass is 10.0. The van der Waals surface area contributed by atoms with Crippen LogP contribution in [-0.2, 0) is 26.2 Å². The molecule has 1 aromatic carbocycles. The average molecular weight is 547 g/mol. The van der Waals surface area contributed by atoms with Crippen molar-refractivity contribution in [1.82, 2.24) is 15.4 Å². The average Bonchev–Trinajstić information content (AvgIpc) is 3.45. The first-order valence-electron chi connectivity index (χ1n) is 10.2. The van der Waals surface area contributed by atoms with E-state index in [1.54, 1.807) is 18.2 Å². The van der Waals surface area contributed by atoms with Crippen molar-refractivity contribution in [1.29, 1.82) is 5.41 Å². The molecule has 0 radical (unpaired) electrons. The third-order valence-electron chi connectivity index (χ3n) is 5.20. The highest BCUT2D eigenvalue weighted by Gasteiger charge is 2.34. The quantitative estimate of drug-likeness (QED) is 0.192. The van der Waals surface area contributed by atoms with E-state index in [9.17, 15) is 18.0 Å². The Morgan fingerprint density at radius 1 is 1.24 bits per heavy atom. The number of nitrogens with two attached hydrogens (primary N) is 2. The maximum absolute atomic E-state index is 13.3. The van der Waals surface area contributed by atoms with Crippen molar-refractivity contribution >= 4 is 62.3 Å². The van der Waals surface area contributed by atoms with Gasteiger partial charge in [0.1, 0.15) is 17.9 Å². The molecule has 34 heavy (non-hydrogen) atoms. The summed E-state index contributed by atoms with van der Waals surface area (Å²) in [5, 5.41) is 19.1. The zero-order chi connectivity index (χ0) is 25.0. The standard InChI is InChI=1S/C20H24Cl2N6O4S2/c21-11-4-3-10(8-12(11)22)9-14(28-34(25,31)32)20(30)27-17(18(29)13-2-1-7-26-13)15-5-6-16(33-15)19(23)24/h3-6,8,13-14,17,26,28H,1-2,7,9H2,(H3,23,24)(H,27,30)(H2,25,31,32)/t13-,14+,17?/m0/s1. The Morgan fingerprint density at radius 3 is 2.53 bits per heavy atom. The molecule has 0 aliphatic carbocycles. The van der Waals surface area contributed by atoms with Crippen LogP contribution in [-0.4, -0.2) is 44.6 Å². The van der Waals surface area contributed by atoms with E-state index in [1.807, 2.05) is 0 Å². The highest BCUT2D eigenvalue weighted by atomic mass is 35.5. The molecule has 1 unspecified atom stereocenters. The van der Waals surface area contributed by atoms with Crippen molar-refractivity contribution < 1.29 is 18.0 Å². The third-order valence-corrected chi connectivity index (χ3v) is 7.73. The van der Waals surface area contributed by atoms with Gasteiger partial charge >= 0.3 is 0 Å². The van der Waals surface area contributed by atoms with Crippen molar-refractivity contribution in [2.24, 2.45) is 10.9 Å². The molecule has 1 amide bonds. The van der Waals surface area contributed by atoms with Crippen LogP contribution >= 0.6 is 34.5 Å². The van der Waals surface area contributed by atoms with Crippen molar-refractivity contribution in [3.63, 3.8) is 0 Å². The lowest BCUT2D eigenvalue weighted by Crippen LogP contribution is -2.52. The molecule has 1 aliphatic heterocycles. The molecule has 2 aromatic rings. The lowest BCUT2D eigenvalue weighted by molar-refractivity contribution is -0.129. The van der Waals surface area contributed by atoms with Crippen LogP contribution in [0.15, 0.2) is 30.3 Å². The molecular weight excluding hydrogens is 523 g/mol. The number of nitrogens with one attached hydrogen (secondary N) is 4. The van der Waals surface area contributed by atoms with Crippen molar-refractivity contribution in [3.8, 4) is 0 Å². The van der Waals surface area contributed by atoms with Crippen molar-refractivity contribution in [2.75, 3.05) is 6.54 Å². The van der Waals surface area contributed by atoms with Gasteiger partial charge in [-0.3, -0.25) is 15.0 Å². The normalized spacial score (nSPS) is 17.8. The third kappa shape index (κ3) is 6.98. The molecular formula is C20H24Cl2N6O4S2. The number of thiophene rings is 1. The Morgan fingerprint density at radius 2 is 1.97 bits per heavy atom. The van der Waals surface area contributed by atoms with Gasteiger partial charge in [-0.2, -0.15) is 13.1 Å². The fraction of sp³-hybridized carbons (Fsp3) is 0.350. The van der Waals surface area contributed by atoms with Crippen LogP contribution in [0.2, 0.25) is 10.0 Å². The first-order chi connectivity index (χ1) is 15.9. The second-order valence-corrected chi connectivity index (χ2v) is 11.0. The molecule has 1 aliphatic rings. The fourth-order valence-corrected chi connectivity index (χ4v) is 5.43. The topological polar surface area (TPSA) is 180 Å². The number of hydrogen-bond acceptors (Lipinski definition) is 7. The number of hydrogen-bond donors (Lipinski definition) is 6. The zero-order valence-electron chi connectivity index (χ0n) is 17.8. The smallest absolute Gasteiger partial charge is 0.275 e. The number of halogens is 2. The first-order valence-corrected chi connectivity index (χ1v) is 13.3. The summed E-state index contributed by atoms with van der Waals surface area (Å²) < 4.78 is 25.6. The SMILES string of the molecule is N=C(N)c1ccc(C(NC(=O)[C@@H](Cc2ccc(Cl)c(Cl)c2)NS(N)(=O)=O)C(=O)[C@@H]2CCCN2)s1. The van der Waals surface area contributed by atoms with Gasteiger partial charge in [0.25, 0.3) is 10.2 Å². The fourth-order valence-electron chi connectivity index (χ4n) is 3.60. The van der Waals surface area contributed by atoms with Gasteiger partial charge in [0, 0.05) is 4.88 Å². The molecule has 3 rings (SSSR count). The minimum absolute atomic E-state index is 0.0924. The Bertz CT molecular complexity index is 1200. The van der Waals surface area contributed by atoms with E-state index in [0.29, 0.717) is 33.3 Å². The van der Waals surface area contributed by atoms with Crippen LogP contribution in [0.1, 0.15) is 34.2 Å². The predicted octanol–water partition coefficient (Wildman–Crippen LogP) is 1.22. The monoisotopic (exact) mass is 546 g/mol. The summed E-state index contributed by atoms with van der Waals surface area (Å²) in [4.78, 5) is 27.4. The molecule has 2 heterocycles. The van der Waals surface area contributed by atoms with E-state index in [1.165, 1.54) is 12.1 Å². The van der Waals surface area contributed by atoms with Gasteiger partial charge in [0.05, 0.1) is 21.0 Å². The van der Waals surface area contributed by atoms with Gasteiger partial charge in [0.15, 0.2) is 5.78 Å². The van der Waals surface area contributed by atoms with E-state index < -0.39 is 34.2 Å². The molecule has 184 valence electrons. The maximum atomic E-state index is 13.3. The van der Waals surface area contributed by atoms with E-state index in [-0.39, 0.29) is 23.1 Å². The van der Waals surface area contributed by atoms with Crippen LogP contribution in [0.5, 0.6) is 0 Å². The molecule has 0 spiro atoms. The van der Waals surface area contributed by atoms with Crippen LogP contribution in [0.25, 0.3) is 0 Å². The first kappa shape index (κ1) is 26.5. The highest BCUT2D eigenvalue weighted by Crippen LogP contribution is 2.27. The van der Waals surface area contributed by atoms with Crippen LogP contribution in [0, 0.1) is 5.41 Å². The van der Waals surface area contributed by atoms with E-state index in [0.717, 1.165) is 17.8 Å². The summed E-state index contributed by atoms with van der Waals surface area (Å²) >= 11 is 13.1. The number of carbonyl (C=O) groups excluding carboxylic acids is 2. The van der Waals surface area contributed by atoms with Crippen molar-refractivity contribution in [3.05, 3.63) is 55.7 Å². The molecule has 1 saturated heterocycles. The second kappa shape index (κ2) is 11.1. The van der Waals surface area contributed by atoms with Gasteiger partial charge in [-0.25, -0.2) is 5.14 Å². The minimum Gasteiger partial charge on any atom is -0.383 e. The number of amidine groups is 1. The molecule has 10 nitrogen and oxygen atoms in total. The summed E-state index contributed by atoms with van der Waals surface area (Å²) in [6.45, 7) is 0.674. The Hall–Kier alpha value is -2.06. The number of nitrogen functional groups attached to an aromatic ring is 1. The van der Waals surface area contributed by atoms with Gasteiger partial charge in [-0.1, -0.05) is 29.3 Å². The minimum atomic E-state index is -4.26. The summed E-state index contributed by atoms with van der Waals surface area (Å²) in [6.07, 6.45) is 1.33. The zero-order valence-corrected chi connectivity index (χ0v) is 21.0. The lowest BCUT2D eigenvalue weighted by Gasteiger charge is -2.24. The maximum Gasteiger partial charge on any atom is 0.275 e. The molecule has 14 heteroatoms. The Labute approximate surface area is 211 Å². The molecule has 0 bridgehead atoms. The number of Topliss-reactive ketones (excluding diaryl/α,β-unsaturated/α-hetero) is 1.